The van der Waals surface area contributed by atoms with Crippen molar-refractivity contribution in [3.05, 3.63) is 134 Å². The molecule has 18 heteroatoms. The zero-order valence-corrected chi connectivity index (χ0v) is 69.3. The average Bonchev–Trinajstić information content (AvgIpc) is 0.907. The van der Waals surface area contributed by atoms with Gasteiger partial charge in [-0.2, -0.15) is 0 Å². The number of aliphatic hydroxyl groups is 2. The van der Waals surface area contributed by atoms with Gasteiger partial charge in [0.15, 0.2) is 6.10 Å². The lowest BCUT2D eigenvalue weighted by atomic mass is 10.0. The fourth-order valence-corrected chi connectivity index (χ4v) is 12.9. The van der Waals surface area contributed by atoms with Gasteiger partial charge < -0.3 is 34.2 Å². The minimum atomic E-state index is -4.94. The maximum Gasteiger partial charge on any atom is 0.472 e. The second-order valence-corrected chi connectivity index (χ2v) is 31.2. The van der Waals surface area contributed by atoms with Gasteiger partial charge in [-0.15, -0.1) is 0 Å². The van der Waals surface area contributed by atoms with Crippen molar-refractivity contribution in [3.63, 3.8) is 0 Å². The number of hydrogen-bond acceptors (Lipinski definition) is 14. The lowest BCUT2D eigenvalue weighted by molar-refractivity contribution is -0.161. The second kappa shape index (κ2) is 81.2. The number of phosphoric acid groups is 2. The summed E-state index contributed by atoms with van der Waals surface area (Å²) in [7, 11) is -9.81. The summed E-state index contributed by atoms with van der Waals surface area (Å²) in [6.45, 7) is 2.60. The van der Waals surface area contributed by atoms with E-state index in [0.717, 1.165) is 167 Å². The van der Waals surface area contributed by atoms with Crippen molar-refractivity contribution in [3.8, 4) is 0 Å². The highest BCUT2D eigenvalue weighted by molar-refractivity contribution is 7.47. The number of unbranched alkanes of at least 4 members (excludes halogenated alkanes) is 35. The van der Waals surface area contributed by atoms with Crippen LogP contribution in [-0.2, 0) is 55.8 Å². The largest absolute Gasteiger partial charge is 0.472 e. The minimum Gasteiger partial charge on any atom is -0.463 e. The Labute approximate surface area is 652 Å². The quantitative estimate of drug-likeness (QED) is 0.0146. The van der Waals surface area contributed by atoms with Crippen LogP contribution in [0.5, 0.6) is 0 Å². The van der Waals surface area contributed by atoms with Crippen LogP contribution in [-0.4, -0.2) is 95.9 Å². The average molecular weight is 1540 g/mol. The van der Waals surface area contributed by atoms with E-state index in [9.17, 15) is 43.5 Å². The molecule has 0 aromatic carbocycles. The number of aliphatic hydroxyl groups excluding tert-OH is 2. The smallest absolute Gasteiger partial charge is 0.463 e. The first-order chi connectivity index (χ1) is 52.2. The number of allylic oxidation sites excluding steroid dienone is 22. The molecule has 0 aromatic heterocycles. The number of ether oxygens (including phenoxy) is 3. The van der Waals surface area contributed by atoms with Gasteiger partial charge in [-0.1, -0.05) is 321 Å². The van der Waals surface area contributed by atoms with Gasteiger partial charge in [0.05, 0.1) is 26.4 Å². The van der Waals surface area contributed by atoms with E-state index >= 15 is 0 Å². The summed E-state index contributed by atoms with van der Waals surface area (Å²) in [5, 5.41) is 20.7. The Hall–Kier alpha value is -4.31. The van der Waals surface area contributed by atoms with Crippen molar-refractivity contribution in [2.75, 3.05) is 39.6 Å². The molecule has 0 aliphatic carbocycles. The molecule has 0 saturated carbocycles. The summed E-state index contributed by atoms with van der Waals surface area (Å²) in [6.07, 6.45) is 99.1. The molecule has 4 N–H and O–H groups in total. The Bertz CT molecular complexity index is 2480. The molecule has 0 bridgehead atoms. The highest BCUT2D eigenvalue weighted by Crippen LogP contribution is 2.45. The van der Waals surface area contributed by atoms with Crippen LogP contribution in [0.3, 0.4) is 0 Å². The van der Waals surface area contributed by atoms with E-state index < -0.39 is 91.5 Å². The van der Waals surface area contributed by atoms with Crippen LogP contribution in [0.1, 0.15) is 355 Å². The van der Waals surface area contributed by atoms with E-state index in [2.05, 4.69) is 154 Å². The maximum absolute atomic E-state index is 13.0. The normalized spacial score (nSPS) is 14.6. The van der Waals surface area contributed by atoms with Gasteiger partial charge in [0.25, 0.3) is 0 Å². The van der Waals surface area contributed by atoms with Gasteiger partial charge in [0.1, 0.15) is 25.4 Å². The second-order valence-electron chi connectivity index (χ2n) is 28.3. The van der Waals surface area contributed by atoms with Crippen LogP contribution in [0.4, 0.5) is 0 Å². The molecule has 0 rings (SSSR count). The fourth-order valence-electron chi connectivity index (χ4n) is 11.3. The molecule has 107 heavy (non-hydrogen) atoms. The van der Waals surface area contributed by atoms with E-state index in [1.807, 2.05) is 0 Å². The van der Waals surface area contributed by atoms with Crippen molar-refractivity contribution >= 4 is 33.6 Å². The third-order valence-electron chi connectivity index (χ3n) is 17.8. The van der Waals surface area contributed by atoms with Crippen LogP contribution in [0, 0.1) is 0 Å². The van der Waals surface area contributed by atoms with E-state index in [1.165, 1.54) is 128 Å². The van der Waals surface area contributed by atoms with Crippen molar-refractivity contribution < 1.29 is 75.8 Å². The zero-order valence-electron chi connectivity index (χ0n) is 67.5. The molecule has 0 amide bonds. The SMILES string of the molecule is CCCCC/C=C\C/C=C\C/C=C\C/C=C\CCCCCCCCCCCCCCCC(=O)OCC(O)COP(=O)(O)OCC(O)COP(=O)(O)OCC(COC(=O)CCCCCCCCC/C=C\C/C=C\C/C=C\C/C=C\CCCCC)OC(=O)CCCCCCCC/C=C\C/C=C\C/C=C\CCCCC. The molecular formula is C89H154O16P2. The zero-order chi connectivity index (χ0) is 78.0. The first-order valence-corrected chi connectivity index (χ1v) is 45.5. The molecule has 0 fully saturated rings. The highest BCUT2D eigenvalue weighted by Gasteiger charge is 2.29. The molecule has 5 atom stereocenters. The number of carbonyl (C=O) groups excluding carboxylic acids is 3. The van der Waals surface area contributed by atoms with Crippen molar-refractivity contribution in [2.45, 2.75) is 373 Å². The number of carbonyl (C=O) groups is 3. The van der Waals surface area contributed by atoms with Crippen molar-refractivity contribution in [1.29, 1.82) is 0 Å². The Kier molecular flexibility index (Phi) is 77.9. The summed E-state index contributed by atoms with van der Waals surface area (Å²) in [5.41, 5.74) is 0. The summed E-state index contributed by atoms with van der Waals surface area (Å²) >= 11 is 0. The van der Waals surface area contributed by atoms with E-state index in [0.29, 0.717) is 19.3 Å². The molecule has 5 unspecified atom stereocenters. The first-order valence-electron chi connectivity index (χ1n) is 42.5. The standard InChI is InChI=1S/C89H154O16P2/c1-4-7-10-13-16-19-22-25-28-31-34-36-38-39-40-41-42-43-45-47-49-51-54-57-60-63-66-69-72-75-87(92)99-78-84(90)79-101-106(95,96)102-80-85(91)81-103-107(97,98)104-83-86(105-89(94)77-74-71-68-65-62-59-56-53-48-33-30-27-24-21-18-15-12-9-6-3)82-100-88(93)76-73-70-67-64-61-58-55-52-50-46-44-37-35-32-29-26-23-20-17-14-11-8-5-2/h16-21,25-30,34-37,39-40,46,48,50,53,84-86,90-91H,4-15,22-24,31-33,38,41-45,47,49,51-52,54-83H2,1-3H3,(H,95,96)(H,97,98)/b19-16-,20-17-,21-18-,28-25-,29-26-,30-27-,36-34-,37-35-,40-39-,50-46-,53-48-. The third-order valence-corrected chi connectivity index (χ3v) is 19.7. The third kappa shape index (κ3) is 82.5. The Morgan fingerprint density at radius 3 is 0.738 bits per heavy atom. The monoisotopic (exact) mass is 1540 g/mol. The van der Waals surface area contributed by atoms with Gasteiger partial charge in [-0.05, 0) is 148 Å². The Morgan fingerprint density at radius 2 is 0.467 bits per heavy atom. The van der Waals surface area contributed by atoms with Gasteiger partial charge in [-0.25, -0.2) is 9.13 Å². The molecule has 0 spiro atoms. The summed E-state index contributed by atoms with van der Waals surface area (Å²) in [6, 6.07) is 0. The van der Waals surface area contributed by atoms with Crippen LogP contribution >= 0.6 is 15.6 Å². The van der Waals surface area contributed by atoms with Crippen LogP contribution in [0.15, 0.2) is 134 Å². The van der Waals surface area contributed by atoms with Gasteiger partial charge in [-0.3, -0.25) is 32.5 Å². The molecular weight excluding hydrogens is 1390 g/mol. The molecule has 616 valence electrons. The van der Waals surface area contributed by atoms with E-state index in [1.54, 1.807) is 0 Å². The fraction of sp³-hybridized carbons (Fsp3) is 0.719. The molecule has 0 aromatic rings. The summed E-state index contributed by atoms with van der Waals surface area (Å²) in [5.74, 6) is -1.60. The van der Waals surface area contributed by atoms with Crippen LogP contribution in [0.25, 0.3) is 0 Å². The van der Waals surface area contributed by atoms with Gasteiger partial charge in [0, 0.05) is 19.3 Å². The first kappa shape index (κ1) is 103. The van der Waals surface area contributed by atoms with E-state index in [-0.39, 0.29) is 19.3 Å². The number of esters is 3. The lowest BCUT2D eigenvalue weighted by Gasteiger charge is -2.21. The number of rotatable bonds is 80. The summed E-state index contributed by atoms with van der Waals surface area (Å²) in [4.78, 5) is 58.8. The number of phosphoric ester groups is 2. The van der Waals surface area contributed by atoms with E-state index in [4.69, 9.17) is 32.3 Å². The highest BCUT2D eigenvalue weighted by atomic mass is 31.2. The lowest BCUT2D eigenvalue weighted by Crippen LogP contribution is -2.30. The van der Waals surface area contributed by atoms with Gasteiger partial charge in [0.2, 0.25) is 0 Å². The topological polar surface area (TPSA) is 231 Å². The molecule has 16 nitrogen and oxygen atoms in total. The van der Waals surface area contributed by atoms with Crippen molar-refractivity contribution in [2.24, 2.45) is 0 Å². The Morgan fingerprint density at radius 1 is 0.262 bits per heavy atom. The number of hydrogen-bond donors (Lipinski definition) is 4. The molecule has 0 aliphatic rings. The Balaban J connectivity index is 4.61. The summed E-state index contributed by atoms with van der Waals surface area (Å²) < 4.78 is 61.3. The molecule has 0 heterocycles. The van der Waals surface area contributed by atoms with Crippen molar-refractivity contribution in [1.82, 2.24) is 0 Å². The van der Waals surface area contributed by atoms with Crippen LogP contribution in [0.2, 0.25) is 0 Å². The molecule has 0 saturated heterocycles. The molecule has 0 radical (unpaired) electrons. The molecule has 0 aliphatic heterocycles. The van der Waals surface area contributed by atoms with Gasteiger partial charge >= 0.3 is 33.6 Å². The predicted molar refractivity (Wildman–Crippen MR) is 445 cm³/mol. The maximum atomic E-state index is 13.0. The van der Waals surface area contributed by atoms with Crippen LogP contribution < -0.4 is 0 Å². The predicted octanol–water partition coefficient (Wildman–Crippen LogP) is 25.4. The minimum absolute atomic E-state index is 0.0848.